The molecular formula is C25H21FO3. The number of hydrogen-bond donors (Lipinski definition) is 0. The number of carbonyl (C=O) groups excluding carboxylic acids is 2. The quantitative estimate of drug-likeness (QED) is 0.315. The number of alkyl halides is 1. The van der Waals surface area contributed by atoms with Crippen molar-refractivity contribution >= 4 is 17.8 Å². The fourth-order valence-corrected chi connectivity index (χ4v) is 3.21. The van der Waals surface area contributed by atoms with Crippen LogP contribution in [-0.4, -0.2) is 24.5 Å². The van der Waals surface area contributed by atoms with Crippen molar-refractivity contribution in [3.63, 3.8) is 0 Å². The lowest BCUT2D eigenvalue weighted by Crippen LogP contribution is -2.48. The Morgan fingerprint density at radius 1 is 0.862 bits per heavy atom. The first-order valence-electron chi connectivity index (χ1n) is 9.22. The normalized spacial score (nSPS) is 14.1. The van der Waals surface area contributed by atoms with Gasteiger partial charge in [-0.25, -0.2) is 9.18 Å². The van der Waals surface area contributed by atoms with Gasteiger partial charge in [0.1, 0.15) is 0 Å². The smallest absolute Gasteiger partial charge is 0.352 e. The Kier molecular flexibility index (Phi) is 6.35. The predicted octanol–water partition coefficient (Wildman–Crippen LogP) is 5.25. The maximum Gasteiger partial charge on any atom is 0.352 e. The van der Waals surface area contributed by atoms with Crippen LogP contribution in [0, 0.1) is 0 Å². The number of allylic oxidation sites excluding steroid dienone is 1. The molecule has 3 aromatic rings. The number of carbonyl (C=O) groups is 2. The highest BCUT2D eigenvalue weighted by atomic mass is 19.1. The molecule has 0 saturated carbocycles. The van der Waals surface area contributed by atoms with E-state index >= 15 is 4.39 Å². The molecule has 0 radical (unpaired) electrons. The van der Waals surface area contributed by atoms with E-state index in [1.807, 2.05) is 30.3 Å². The molecule has 3 aromatic carbocycles. The van der Waals surface area contributed by atoms with Gasteiger partial charge in [-0.15, -0.1) is 0 Å². The van der Waals surface area contributed by atoms with Gasteiger partial charge in [-0.05, 0) is 11.1 Å². The summed E-state index contributed by atoms with van der Waals surface area (Å²) >= 11 is 0. The van der Waals surface area contributed by atoms with Crippen molar-refractivity contribution in [3.05, 3.63) is 114 Å². The first-order chi connectivity index (χ1) is 14.1. The summed E-state index contributed by atoms with van der Waals surface area (Å²) in [4.78, 5) is 25.8. The second-order valence-electron chi connectivity index (χ2n) is 6.56. The molecule has 0 N–H and O–H groups in total. The summed E-state index contributed by atoms with van der Waals surface area (Å²) in [6.07, 6.45) is 3.25. The van der Waals surface area contributed by atoms with E-state index in [0.717, 1.165) is 12.7 Å². The van der Waals surface area contributed by atoms with Crippen molar-refractivity contribution in [3.8, 4) is 0 Å². The summed E-state index contributed by atoms with van der Waals surface area (Å²) in [7, 11) is 1.08. The fourth-order valence-electron chi connectivity index (χ4n) is 3.21. The van der Waals surface area contributed by atoms with E-state index in [1.54, 1.807) is 60.7 Å². The SMILES string of the molecule is COC(=O)[C@@](F)(C(=O)c1ccccc1)[C@H](C=Cc1ccccc1)c1ccccc1. The van der Waals surface area contributed by atoms with Gasteiger partial charge in [-0.1, -0.05) is 103 Å². The highest BCUT2D eigenvalue weighted by molar-refractivity contribution is 6.16. The lowest BCUT2D eigenvalue weighted by molar-refractivity contribution is -0.151. The third kappa shape index (κ3) is 4.32. The fraction of sp³-hybridized carbons (Fsp3) is 0.120. The van der Waals surface area contributed by atoms with E-state index in [9.17, 15) is 9.59 Å². The number of rotatable bonds is 7. The van der Waals surface area contributed by atoms with Gasteiger partial charge >= 0.3 is 5.97 Å². The molecule has 0 bridgehead atoms. The van der Waals surface area contributed by atoms with E-state index in [1.165, 1.54) is 12.1 Å². The third-order valence-electron chi connectivity index (χ3n) is 4.72. The minimum atomic E-state index is -2.91. The van der Waals surface area contributed by atoms with Crippen LogP contribution in [0.3, 0.4) is 0 Å². The first-order valence-corrected chi connectivity index (χ1v) is 9.22. The van der Waals surface area contributed by atoms with E-state index < -0.39 is 23.3 Å². The zero-order chi connectivity index (χ0) is 20.7. The third-order valence-corrected chi connectivity index (χ3v) is 4.72. The highest BCUT2D eigenvalue weighted by Crippen LogP contribution is 2.38. The van der Waals surface area contributed by atoms with E-state index in [-0.39, 0.29) is 5.56 Å². The van der Waals surface area contributed by atoms with Crippen LogP contribution in [-0.2, 0) is 9.53 Å². The van der Waals surface area contributed by atoms with Crippen LogP contribution < -0.4 is 0 Å². The monoisotopic (exact) mass is 388 g/mol. The molecule has 0 aliphatic heterocycles. The molecule has 3 nitrogen and oxygen atoms in total. The number of halogens is 1. The molecule has 2 atom stereocenters. The molecule has 3 rings (SSSR count). The molecule has 0 aromatic heterocycles. The summed E-state index contributed by atoms with van der Waals surface area (Å²) in [5.41, 5.74) is -1.48. The zero-order valence-electron chi connectivity index (χ0n) is 16.0. The highest BCUT2D eigenvalue weighted by Gasteiger charge is 2.54. The molecule has 29 heavy (non-hydrogen) atoms. The largest absolute Gasteiger partial charge is 0.466 e. The Balaban J connectivity index is 2.14. The number of ketones is 1. The molecule has 0 spiro atoms. The van der Waals surface area contributed by atoms with Crippen LogP contribution in [0.4, 0.5) is 4.39 Å². The summed E-state index contributed by atoms with van der Waals surface area (Å²) in [5, 5.41) is 0. The van der Waals surface area contributed by atoms with Gasteiger partial charge < -0.3 is 4.74 Å². The summed E-state index contributed by atoms with van der Waals surface area (Å²) in [5.74, 6) is -3.32. The van der Waals surface area contributed by atoms with Gasteiger partial charge in [0.15, 0.2) is 0 Å². The summed E-state index contributed by atoms with van der Waals surface area (Å²) in [6, 6.07) is 25.9. The van der Waals surface area contributed by atoms with Crippen molar-refractivity contribution in [1.82, 2.24) is 0 Å². The first kappa shape index (κ1) is 20.2. The van der Waals surface area contributed by atoms with Crippen LogP contribution in [0.1, 0.15) is 27.4 Å². The Hall–Kier alpha value is -3.53. The van der Waals surface area contributed by atoms with Crippen LogP contribution in [0.15, 0.2) is 97.1 Å². The van der Waals surface area contributed by atoms with Crippen molar-refractivity contribution < 1.29 is 18.7 Å². The summed E-state index contributed by atoms with van der Waals surface area (Å²) < 4.78 is 21.2. The molecule has 0 amide bonds. The van der Waals surface area contributed by atoms with Crippen molar-refractivity contribution in [1.29, 1.82) is 0 Å². The molecular weight excluding hydrogens is 367 g/mol. The van der Waals surface area contributed by atoms with Crippen LogP contribution >= 0.6 is 0 Å². The van der Waals surface area contributed by atoms with E-state index in [0.29, 0.717) is 5.56 Å². The summed E-state index contributed by atoms with van der Waals surface area (Å²) in [6.45, 7) is 0. The van der Waals surface area contributed by atoms with Crippen molar-refractivity contribution in [2.24, 2.45) is 0 Å². The lowest BCUT2D eigenvalue weighted by Gasteiger charge is -2.29. The van der Waals surface area contributed by atoms with Crippen LogP contribution in [0.5, 0.6) is 0 Å². The average molecular weight is 388 g/mol. The minimum Gasteiger partial charge on any atom is -0.466 e. The molecule has 146 valence electrons. The van der Waals surface area contributed by atoms with Crippen LogP contribution in [0.25, 0.3) is 6.08 Å². The minimum absolute atomic E-state index is 0.106. The molecule has 0 heterocycles. The standard InChI is InChI=1S/C25H21FO3/c1-29-24(28)25(26,23(27)21-15-9-4-10-16-21)22(20-13-7-3-8-14-20)18-17-19-11-5-2-6-12-19/h2-18,22H,1H3/t22-,25+/m1/s1. The van der Waals surface area contributed by atoms with Crippen molar-refractivity contribution in [2.45, 2.75) is 11.6 Å². The van der Waals surface area contributed by atoms with Gasteiger partial charge in [0.2, 0.25) is 5.78 Å². The lowest BCUT2D eigenvalue weighted by atomic mass is 9.78. The zero-order valence-corrected chi connectivity index (χ0v) is 16.0. The number of benzene rings is 3. The number of methoxy groups -OCH3 is 1. The topological polar surface area (TPSA) is 43.4 Å². The van der Waals surface area contributed by atoms with Gasteiger partial charge in [0, 0.05) is 5.56 Å². The van der Waals surface area contributed by atoms with Gasteiger partial charge in [0.25, 0.3) is 5.67 Å². The molecule has 0 unspecified atom stereocenters. The molecule has 0 saturated heterocycles. The van der Waals surface area contributed by atoms with Gasteiger partial charge in [0.05, 0.1) is 13.0 Å². The maximum absolute atomic E-state index is 16.4. The Morgan fingerprint density at radius 3 is 1.93 bits per heavy atom. The Bertz CT molecular complexity index is 984. The molecule has 0 fully saturated rings. The number of Topliss-reactive ketones (excluding diaryl/α,β-unsaturated/α-hetero) is 1. The van der Waals surface area contributed by atoms with Gasteiger partial charge in [-0.2, -0.15) is 0 Å². The molecule has 0 aliphatic rings. The molecule has 0 aliphatic carbocycles. The van der Waals surface area contributed by atoms with E-state index in [4.69, 9.17) is 4.74 Å². The van der Waals surface area contributed by atoms with Crippen molar-refractivity contribution in [2.75, 3.05) is 7.11 Å². The second kappa shape index (κ2) is 9.11. The Labute approximate surface area is 169 Å². The maximum atomic E-state index is 16.4. The van der Waals surface area contributed by atoms with Gasteiger partial charge in [-0.3, -0.25) is 4.79 Å². The number of ether oxygens (including phenoxy) is 1. The average Bonchev–Trinajstić information content (AvgIpc) is 2.79. The molecule has 4 heteroatoms. The van der Waals surface area contributed by atoms with Crippen LogP contribution in [0.2, 0.25) is 0 Å². The van der Waals surface area contributed by atoms with E-state index in [2.05, 4.69) is 0 Å². The Morgan fingerprint density at radius 2 is 1.38 bits per heavy atom. The second-order valence-corrected chi connectivity index (χ2v) is 6.56. The number of esters is 1. The predicted molar refractivity (Wildman–Crippen MR) is 111 cm³/mol. The number of hydrogen-bond acceptors (Lipinski definition) is 3.